The molecule has 144 valence electrons. The number of aliphatic hydroxyl groups is 1. The van der Waals surface area contributed by atoms with Crippen molar-refractivity contribution in [2.45, 2.75) is 30.9 Å². The minimum absolute atomic E-state index is 0.0446. The fourth-order valence-electron chi connectivity index (χ4n) is 3.91. The summed E-state index contributed by atoms with van der Waals surface area (Å²) in [4.78, 5) is 4.83. The van der Waals surface area contributed by atoms with Gasteiger partial charge in [-0.25, -0.2) is 9.67 Å². The highest BCUT2D eigenvalue weighted by Crippen LogP contribution is 2.37. The molecule has 0 bridgehead atoms. The van der Waals surface area contributed by atoms with Crippen LogP contribution in [0.4, 0.5) is 0 Å². The molecule has 1 fully saturated rings. The molecular formula is C21H22N4O3. The second kappa shape index (κ2) is 6.92. The zero-order valence-electron chi connectivity index (χ0n) is 15.4. The molecule has 0 radical (unpaired) electrons. The molecule has 5 rings (SSSR count). The molecule has 0 unspecified atom stereocenters. The number of rotatable bonds is 3. The van der Waals surface area contributed by atoms with Crippen molar-refractivity contribution in [3.8, 4) is 28.6 Å². The number of ether oxygens (including phenoxy) is 2. The van der Waals surface area contributed by atoms with Crippen LogP contribution in [0.5, 0.6) is 11.5 Å². The van der Waals surface area contributed by atoms with E-state index in [1.54, 1.807) is 0 Å². The van der Waals surface area contributed by atoms with Crippen molar-refractivity contribution in [2.24, 2.45) is 5.73 Å². The second-order valence-corrected chi connectivity index (χ2v) is 7.30. The van der Waals surface area contributed by atoms with Gasteiger partial charge in [-0.1, -0.05) is 30.3 Å². The number of benzene rings is 2. The third-order valence-corrected chi connectivity index (χ3v) is 5.38. The van der Waals surface area contributed by atoms with Gasteiger partial charge < -0.3 is 20.3 Å². The first-order chi connectivity index (χ1) is 13.7. The van der Waals surface area contributed by atoms with Crippen molar-refractivity contribution >= 4 is 0 Å². The highest BCUT2D eigenvalue weighted by Gasteiger charge is 2.35. The summed E-state index contributed by atoms with van der Waals surface area (Å²) in [7, 11) is 0. The van der Waals surface area contributed by atoms with Crippen molar-refractivity contribution in [1.29, 1.82) is 0 Å². The van der Waals surface area contributed by atoms with Gasteiger partial charge in [-0.3, -0.25) is 0 Å². The first kappa shape index (κ1) is 17.2. The third-order valence-electron chi connectivity index (χ3n) is 5.38. The number of hydrogen-bond acceptors (Lipinski definition) is 6. The Morgan fingerprint density at radius 2 is 1.79 bits per heavy atom. The van der Waals surface area contributed by atoms with E-state index in [4.69, 9.17) is 25.3 Å². The molecule has 1 aromatic heterocycles. The zero-order chi connectivity index (χ0) is 19.1. The Hall–Kier alpha value is -2.90. The summed E-state index contributed by atoms with van der Waals surface area (Å²) in [6.07, 6.45) is 0.743. The second-order valence-electron chi connectivity index (χ2n) is 7.30. The maximum atomic E-state index is 10.2. The Labute approximate surface area is 162 Å². The van der Waals surface area contributed by atoms with Gasteiger partial charge >= 0.3 is 0 Å². The van der Waals surface area contributed by atoms with Gasteiger partial charge in [-0.2, -0.15) is 0 Å². The van der Waals surface area contributed by atoms with Gasteiger partial charge in [0.25, 0.3) is 0 Å². The van der Waals surface area contributed by atoms with Gasteiger partial charge in [0.1, 0.15) is 19.0 Å². The summed E-state index contributed by atoms with van der Waals surface area (Å²) >= 11 is 0. The fourth-order valence-corrected chi connectivity index (χ4v) is 3.91. The van der Waals surface area contributed by atoms with E-state index in [0.717, 1.165) is 22.8 Å². The van der Waals surface area contributed by atoms with E-state index in [0.29, 0.717) is 37.6 Å². The minimum Gasteiger partial charge on any atom is -0.486 e. The van der Waals surface area contributed by atoms with Crippen LogP contribution in [0, 0.1) is 0 Å². The quantitative estimate of drug-likeness (QED) is 0.726. The van der Waals surface area contributed by atoms with Gasteiger partial charge in [0, 0.05) is 23.6 Å². The molecular weight excluding hydrogens is 356 g/mol. The lowest BCUT2D eigenvalue weighted by Gasteiger charge is -2.19. The molecule has 2 aliphatic rings. The molecule has 1 saturated carbocycles. The molecule has 3 N–H and O–H groups in total. The molecule has 7 nitrogen and oxygen atoms in total. The lowest BCUT2D eigenvalue weighted by atomic mass is 10.1. The monoisotopic (exact) mass is 378 g/mol. The van der Waals surface area contributed by atoms with Crippen LogP contribution in [0.1, 0.15) is 24.6 Å². The van der Waals surface area contributed by atoms with Crippen molar-refractivity contribution in [3.63, 3.8) is 0 Å². The number of hydrogen-bond donors (Lipinski definition) is 2. The van der Waals surface area contributed by atoms with Crippen LogP contribution >= 0.6 is 0 Å². The molecule has 3 atom stereocenters. The van der Waals surface area contributed by atoms with Crippen LogP contribution in [-0.2, 0) is 0 Å². The third kappa shape index (κ3) is 3.02. The molecule has 2 aromatic carbocycles. The largest absolute Gasteiger partial charge is 0.486 e. The van der Waals surface area contributed by atoms with Crippen LogP contribution in [0.15, 0.2) is 48.5 Å². The molecule has 28 heavy (non-hydrogen) atoms. The fraction of sp³-hybridized carbons (Fsp3) is 0.333. The smallest absolute Gasteiger partial charge is 0.181 e. The molecule has 0 saturated heterocycles. The van der Waals surface area contributed by atoms with Gasteiger partial charge in [0.15, 0.2) is 17.3 Å². The Morgan fingerprint density at radius 3 is 2.54 bits per heavy atom. The molecule has 7 heteroatoms. The van der Waals surface area contributed by atoms with Crippen molar-refractivity contribution in [2.75, 3.05) is 13.2 Å². The van der Waals surface area contributed by atoms with Crippen molar-refractivity contribution < 1.29 is 14.6 Å². The molecule has 3 aromatic rings. The first-order valence-corrected chi connectivity index (χ1v) is 9.55. The molecule has 0 amide bonds. The van der Waals surface area contributed by atoms with Crippen molar-refractivity contribution in [1.82, 2.24) is 14.8 Å². The van der Waals surface area contributed by atoms with Gasteiger partial charge in [-0.15, -0.1) is 5.10 Å². The van der Waals surface area contributed by atoms with Crippen LogP contribution in [0.25, 0.3) is 17.1 Å². The highest BCUT2D eigenvalue weighted by atomic mass is 16.6. The van der Waals surface area contributed by atoms with Crippen LogP contribution in [-0.4, -0.2) is 45.2 Å². The van der Waals surface area contributed by atoms with Gasteiger partial charge in [0.2, 0.25) is 0 Å². The Balaban J connectivity index is 1.60. The number of nitrogens with two attached hydrogens (primary N) is 1. The Morgan fingerprint density at radius 1 is 1.00 bits per heavy atom. The number of fused-ring (bicyclic) bond motifs is 1. The summed E-state index contributed by atoms with van der Waals surface area (Å²) in [6, 6.07) is 15.4. The average Bonchev–Trinajstić information content (AvgIpc) is 3.32. The predicted molar refractivity (Wildman–Crippen MR) is 104 cm³/mol. The summed E-state index contributed by atoms with van der Waals surface area (Å²) in [5.74, 6) is 2.94. The minimum atomic E-state index is -0.518. The maximum Gasteiger partial charge on any atom is 0.181 e. The van der Waals surface area contributed by atoms with E-state index < -0.39 is 6.10 Å². The van der Waals surface area contributed by atoms with E-state index >= 15 is 0 Å². The number of aromatic nitrogens is 3. The molecule has 2 heterocycles. The maximum absolute atomic E-state index is 10.2. The predicted octanol–water partition coefficient (Wildman–Crippen LogP) is 2.27. The van der Waals surface area contributed by atoms with Crippen LogP contribution in [0.3, 0.4) is 0 Å². The number of aliphatic hydroxyl groups excluding tert-OH is 1. The van der Waals surface area contributed by atoms with Gasteiger partial charge in [-0.05, 0) is 25.0 Å². The van der Waals surface area contributed by atoms with Crippen LogP contribution in [0.2, 0.25) is 0 Å². The standard InChI is InChI=1S/C21H22N4O3/c22-16-10-14(11-17(16)26)21-23-20(13-4-2-1-3-5-13)24-25(21)15-6-7-18-19(12-15)28-9-8-27-18/h1-7,12,14,16-17,26H,8-11,22H2/t14-,16-,17-/m0/s1. The first-order valence-electron chi connectivity index (χ1n) is 9.55. The summed E-state index contributed by atoms with van der Waals surface area (Å²) in [5, 5.41) is 14.9. The lowest BCUT2D eigenvalue weighted by molar-refractivity contribution is 0.163. The Kier molecular flexibility index (Phi) is 4.26. The van der Waals surface area contributed by atoms with E-state index in [1.165, 1.54) is 0 Å². The number of nitrogens with zero attached hydrogens (tertiary/aromatic N) is 3. The zero-order valence-corrected chi connectivity index (χ0v) is 15.4. The van der Waals surface area contributed by atoms with Gasteiger partial charge in [0.05, 0.1) is 11.8 Å². The summed E-state index contributed by atoms with van der Waals surface area (Å²) < 4.78 is 13.2. The van der Waals surface area contributed by atoms with E-state index in [1.807, 2.05) is 53.2 Å². The van der Waals surface area contributed by atoms with Crippen LogP contribution < -0.4 is 15.2 Å². The molecule has 1 aliphatic heterocycles. The van der Waals surface area contributed by atoms with E-state index in [-0.39, 0.29) is 12.0 Å². The SMILES string of the molecule is N[C@H]1C[C@H](c2nc(-c3ccccc3)nn2-c2ccc3c(c2)OCCO3)C[C@@H]1O. The van der Waals surface area contributed by atoms with E-state index in [9.17, 15) is 5.11 Å². The molecule has 0 spiro atoms. The average molecular weight is 378 g/mol. The highest BCUT2D eigenvalue weighted by molar-refractivity contribution is 5.56. The summed E-state index contributed by atoms with van der Waals surface area (Å²) in [6.45, 7) is 1.08. The molecule has 1 aliphatic carbocycles. The van der Waals surface area contributed by atoms with Crippen molar-refractivity contribution in [3.05, 3.63) is 54.4 Å². The summed E-state index contributed by atoms with van der Waals surface area (Å²) in [5.41, 5.74) is 7.86. The van der Waals surface area contributed by atoms with E-state index in [2.05, 4.69) is 0 Å². The Bertz CT molecular complexity index is 979. The topological polar surface area (TPSA) is 95.4 Å². The normalized spacial score (nSPS) is 23.7. The lowest BCUT2D eigenvalue weighted by Crippen LogP contribution is -2.28.